The van der Waals surface area contributed by atoms with Crippen LogP contribution in [0.4, 0.5) is 0 Å². The number of fused-ring (bicyclic) bond motifs is 1. The summed E-state index contributed by atoms with van der Waals surface area (Å²) in [6.45, 7) is 0.784. The lowest BCUT2D eigenvalue weighted by Gasteiger charge is -2.42. The Labute approximate surface area is 144 Å². The average molecular weight is 348 g/mol. The first kappa shape index (κ1) is 17.6. The third kappa shape index (κ3) is 3.57. The Morgan fingerprint density at radius 2 is 2.04 bits per heavy atom. The molecule has 1 aliphatic rings. The van der Waals surface area contributed by atoms with Gasteiger partial charge in [0.05, 0.1) is 6.61 Å². The lowest BCUT2D eigenvalue weighted by atomic mass is 9.97. The number of carbonyl (C=O) groups is 1. The van der Waals surface area contributed by atoms with E-state index in [1.54, 1.807) is 24.4 Å². The molecule has 0 radical (unpaired) electrons. The second-order valence-electron chi connectivity index (χ2n) is 5.88. The Hall–Kier alpha value is -2.26. The van der Waals surface area contributed by atoms with E-state index in [0.717, 1.165) is 5.39 Å². The first-order valence-electron chi connectivity index (χ1n) is 7.91. The summed E-state index contributed by atoms with van der Waals surface area (Å²) in [7, 11) is 0. The fraction of sp³-hybridized carbons (Fsp3) is 0.412. The van der Waals surface area contributed by atoms with Gasteiger partial charge in [0.25, 0.3) is 0 Å². The van der Waals surface area contributed by atoms with Crippen molar-refractivity contribution in [2.24, 2.45) is 0 Å². The van der Waals surface area contributed by atoms with Gasteiger partial charge in [0.2, 0.25) is 12.2 Å². The molecule has 1 fully saturated rings. The van der Waals surface area contributed by atoms with Crippen molar-refractivity contribution < 1.29 is 29.6 Å². The number of nitrogens with zero attached hydrogens (tertiary/aromatic N) is 1. The highest BCUT2D eigenvalue weighted by molar-refractivity contribution is 5.84. The number of aliphatic hydroxyl groups excluding tert-OH is 3. The molecule has 0 saturated carbocycles. The second kappa shape index (κ2) is 7.32. The minimum absolute atomic E-state index is 0.402. The minimum Gasteiger partial charge on any atom is -0.460 e. The average Bonchev–Trinajstić information content (AvgIpc) is 2.61. The molecular formula is C17H20N2O6. The van der Waals surface area contributed by atoms with Gasteiger partial charge in [-0.3, -0.25) is 9.78 Å². The molecule has 4 N–H and O–H groups in total. The number of hydrogen-bond acceptors (Lipinski definition) is 7. The van der Waals surface area contributed by atoms with Crippen LogP contribution in [0.3, 0.4) is 0 Å². The van der Waals surface area contributed by atoms with Crippen molar-refractivity contribution in [3.8, 4) is 5.75 Å². The molecule has 0 unspecified atom stereocenters. The molecule has 1 saturated heterocycles. The first-order chi connectivity index (χ1) is 12.0. The Morgan fingerprint density at radius 1 is 1.28 bits per heavy atom. The molecular weight excluding hydrogens is 328 g/mol. The lowest BCUT2D eigenvalue weighted by Crippen LogP contribution is -2.65. The van der Waals surface area contributed by atoms with E-state index >= 15 is 0 Å². The highest BCUT2D eigenvalue weighted by Crippen LogP contribution is 2.28. The van der Waals surface area contributed by atoms with Gasteiger partial charge in [-0.1, -0.05) is 18.2 Å². The topological polar surface area (TPSA) is 121 Å². The molecule has 1 aromatic heterocycles. The monoisotopic (exact) mass is 348 g/mol. The smallest absolute Gasteiger partial charge is 0.223 e. The van der Waals surface area contributed by atoms with Crippen LogP contribution in [0.5, 0.6) is 5.75 Å². The van der Waals surface area contributed by atoms with Crippen LogP contribution in [-0.2, 0) is 9.53 Å². The number of amides is 1. The quantitative estimate of drug-likeness (QED) is 0.591. The molecule has 0 spiro atoms. The molecule has 25 heavy (non-hydrogen) atoms. The van der Waals surface area contributed by atoms with Crippen molar-refractivity contribution >= 4 is 16.8 Å². The predicted octanol–water partition coefficient (Wildman–Crippen LogP) is -0.443. The van der Waals surface area contributed by atoms with Crippen LogP contribution in [0.1, 0.15) is 6.92 Å². The predicted molar refractivity (Wildman–Crippen MR) is 87.7 cm³/mol. The van der Waals surface area contributed by atoms with Crippen molar-refractivity contribution in [2.45, 2.75) is 37.6 Å². The summed E-state index contributed by atoms with van der Waals surface area (Å²) in [5.41, 5.74) is 0.594. The number of ether oxygens (including phenoxy) is 2. The minimum atomic E-state index is -1.36. The zero-order valence-electron chi connectivity index (χ0n) is 13.6. The highest BCUT2D eigenvalue weighted by Gasteiger charge is 2.46. The summed E-state index contributed by atoms with van der Waals surface area (Å²) in [4.78, 5) is 15.7. The van der Waals surface area contributed by atoms with Crippen LogP contribution >= 0.6 is 0 Å². The largest absolute Gasteiger partial charge is 0.460 e. The van der Waals surface area contributed by atoms with Crippen molar-refractivity contribution in [3.63, 3.8) is 0 Å². The van der Waals surface area contributed by atoms with Crippen molar-refractivity contribution in [1.82, 2.24) is 10.3 Å². The summed E-state index contributed by atoms with van der Waals surface area (Å²) in [5.74, 6) is -0.00863. The van der Waals surface area contributed by atoms with Crippen LogP contribution < -0.4 is 10.1 Å². The van der Waals surface area contributed by atoms with Gasteiger partial charge in [-0.05, 0) is 12.1 Å². The van der Waals surface area contributed by atoms with Gasteiger partial charge in [0.15, 0.2) is 0 Å². The molecule has 2 heterocycles. The summed E-state index contributed by atoms with van der Waals surface area (Å²) >= 11 is 0. The maximum Gasteiger partial charge on any atom is 0.223 e. The number of rotatable bonds is 4. The Kier molecular flexibility index (Phi) is 5.14. The van der Waals surface area contributed by atoms with Gasteiger partial charge in [0, 0.05) is 18.5 Å². The fourth-order valence-electron chi connectivity index (χ4n) is 2.87. The Balaban J connectivity index is 1.92. The third-order valence-corrected chi connectivity index (χ3v) is 4.09. The van der Waals surface area contributed by atoms with E-state index in [2.05, 4.69) is 10.3 Å². The van der Waals surface area contributed by atoms with Crippen LogP contribution in [0.2, 0.25) is 0 Å². The Morgan fingerprint density at radius 3 is 2.76 bits per heavy atom. The van der Waals surface area contributed by atoms with E-state index < -0.39 is 43.2 Å². The molecule has 2 aromatic rings. The zero-order chi connectivity index (χ0) is 18.0. The molecule has 8 nitrogen and oxygen atoms in total. The Bertz CT molecular complexity index is 750. The van der Waals surface area contributed by atoms with Gasteiger partial charge < -0.3 is 30.1 Å². The molecule has 1 aromatic carbocycles. The first-order valence-corrected chi connectivity index (χ1v) is 7.91. The lowest BCUT2D eigenvalue weighted by molar-refractivity contribution is -0.244. The number of aliphatic hydroxyl groups is 3. The number of pyridine rings is 1. The van der Waals surface area contributed by atoms with Crippen LogP contribution in [0.25, 0.3) is 10.9 Å². The molecule has 1 aliphatic heterocycles. The number of aromatic nitrogens is 1. The van der Waals surface area contributed by atoms with Crippen LogP contribution in [0, 0.1) is 0 Å². The van der Waals surface area contributed by atoms with Crippen LogP contribution in [0.15, 0.2) is 36.5 Å². The van der Waals surface area contributed by atoms with Gasteiger partial charge in [0.1, 0.15) is 35.6 Å². The number of para-hydroxylation sites is 1. The fourth-order valence-corrected chi connectivity index (χ4v) is 2.87. The van der Waals surface area contributed by atoms with Gasteiger partial charge in [-0.2, -0.15) is 0 Å². The highest BCUT2D eigenvalue weighted by atomic mass is 16.7. The third-order valence-electron chi connectivity index (χ3n) is 4.09. The number of nitrogens with one attached hydrogen (secondary N) is 1. The maximum absolute atomic E-state index is 11.4. The van der Waals surface area contributed by atoms with E-state index in [9.17, 15) is 20.1 Å². The molecule has 3 rings (SSSR count). The van der Waals surface area contributed by atoms with Crippen molar-refractivity contribution in [1.29, 1.82) is 0 Å². The van der Waals surface area contributed by atoms with E-state index in [4.69, 9.17) is 9.47 Å². The molecule has 1 amide bonds. The maximum atomic E-state index is 11.4. The molecule has 0 bridgehead atoms. The van der Waals surface area contributed by atoms with E-state index in [1.807, 2.05) is 12.1 Å². The summed E-state index contributed by atoms with van der Waals surface area (Å²) in [6.07, 6.45) is -3.23. The van der Waals surface area contributed by atoms with Gasteiger partial charge in [-0.25, -0.2) is 0 Å². The number of hydrogen-bond donors (Lipinski definition) is 4. The van der Waals surface area contributed by atoms with Crippen molar-refractivity contribution in [2.75, 3.05) is 6.61 Å². The van der Waals surface area contributed by atoms with E-state index in [0.29, 0.717) is 11.3 Å². The summed E-state index contributed by atoms with van der Waals surface area (Å²) < 4.78 is 11.4. The number of carbonyl (C=O) groups excluding carboxylic acids is 1. The SMILES string of the molecule is CC(=O)N[C@H]1[C@H](Oc2cccc3cccnc23)O[C@H](CO)[C@@H](O)[C@@H]1O. The van der Waals surface area contributed by atoms with Crippen LogP contribution in [-0.4, -0.2) is 63.5 Å². The standard InChI is InChI=1S/C17H20N2O6/c1-9(21)19-14-16(23)15(22)12(8-20)25-17(14)24-11-6-2-4-10-5-3-7-18-13(10)11/h2-7,12,14-17,20,22-23H,8H2,1H3,(H,19,21)/t12-,14-,15-,16-,17-/m1/s1. The van der Waals surface area contributed by atoms with Crippen molar-refractivity contribution in [3.05, 3.63) is 36.5 Å². The zero-order valence-corrected chi connectivity index (χ0v) is 13.6. The normalized spacial score (nSPS) is 29.4. The number of benzene rings is 1. The second-order valence-corrected chi connectivity index (χ2v) is 5.88. The van der Waals surface area contributed by atoms with Gasteiger partial charge >= 0.3 is 0 Å². The van der Waals surface area contributed by atoms with E-state index in [1.165, 1.54) is 6.92 Å². The molecule has 0 aliphatic carbocycles. The van der Waals surface area contributed by atoms with Gasteiger partial charge in [-0.15, -0.1) is 0 Å². The molecule has 134 valence electrons. The summed E-state index contributed by atoms with van der Waals surface area (Å²) in [5, 5.41) is 33.0. The molecule has 8 heteroatoms. The van der Waals surface area contributed by atoms with E-state index in [-0.39, 0.29) is 0 Å². The summed E-state index contributed by atoms with van der Waals surface area (Å²) in [6, 6.07) is 8.01. The molecule has 5 atom stereocenters.